The summed E-state index contributed by atoms with van der Waals surface area (Å²) in [5.41, 5.74) is 1.71. The summed E-state index contributed by atoms with van der Waals surface area (Å²) in [6.07, 6.45) is 4.22. The number of nitrogens with one attached hydrogen (secondary N) is 1. The summed E-state index contributed by atoms with van der Waals surface area (Å²) in [5, 5.41) is 2.85. The molecule has 5 nitrogen and oxygen atoms in total. The number of carbonyl (C=O) groups excluding carboxylic acids is 2. The Morgan fingerprint density at radius 3 is 2.75 bits per heavy atom. The zero-order valence-electron chi connectivity index (χ0n) is 13.1. The van der Waals surface area contributed by atoms with Gasteiger partial charge in [0.15, 0.2) is 0 Å². The monoisotopic (exact) mass is 327 g/mol. The molecule has 1 aromatic carbocycles. The molecule has 0 saturated carbocycles. The van der Waals surface area contributed by atoms with E-state index in [2.05, 4.69) is 10.3 Å². The third kappa shape index (κ3) is 3.76. The number of benzene rings is 1. The molecule has 2 aromatic rings. The van der Waals surface area contributed by atoms with Gasteiger partial charge in [0, 0.05) is 31.9 Å². The second kappa shape index (κ2) is 7.21. The average molecular weight is 327 g/mol. The summed E-state index contributed by atoms with van der Waals surface area (Å²) >= 11 is 0. The molecule has 1 saturated heterocycles. The van der Waals surface area contributed by atoms with E-state index in [0.29, 0.717) is 25.9 Å². The van der Waals surface area contributed by atoms with Crippen LogP contribution in [0.15, 0.2) is 48.8 Å². The lowest BCUT2D eigenvalue weighted by Crippen LogP contribution is -2.44. The lowest BCUT2D eigenvalue weighted by molar-refractivity contribution is -0.135. The van der Waals surface area contributed by atoms with Gasteiger partial charge < -0.3 is 10.2 Å². The fraction of sp³-hybridized carbons (Fsp3) is 0.278. The van der Waals surface area contributed by atoms with Crippen LogP contribution in [-0.2, 0) is 22.7 Å². The van der Waals surface area contributed by atoms with Gasteiger partial charge in [0.05, 0.1) is 0 Å². The van der Waals surface area contributed by atoms with Crippen LogP contribution in [-0.4, -0.2) is 27.7 Å². The fourth-order valence-corrected chi connectivity index (χ4v) is 2.80. The molecular formula is C18H18FN3O2. The molecule has 1 N–H and O–H groups in total. The summed E-state index contributed by atoms with van der Waals surface area (Å²) in [4.78, 5) is 30.1. The first-order chi connectivity index (χ1) is 11.6. The Morgan fingerprint density at radius 2 is 2.04 bits per heavy atom. The van der Waals surface area contributed by atoms with Gasteiger partial charge in [-0.25, -0.2) is 4.39 Å². The first-order valence-corrected chi connectivity index (χ1v) is 7.84. The van der Waals surface area contributed by atoms with Gasteiger partial charge in [0.25, 0.3) is 0 Å². The van der Waals surface area contributed by atoms with Crippen LogP contribution in [0.25, 0.3) is 0 Å². The highest BCUT2D eigenvalue weighted by molar-refractivity contribution is 5.90. The van der Waals surface area contributed by atoms with E-state index >= 15 is 0 Å². The third-order valence-electron chi connectivity index (χ3n) is 4.09. The van der Waals surface area contributed by atoms with Crippen LogP contribution < -0.4 is 5.32 Å². The highest BCUT2D eigenvalue weighted by Crippen LogP contribution is 2.22. The fourth-order valence-electron chi connectivity index (χ4n) is 2.80. The van der Waals surface area contributed by atoms with E-state index in [1.807, 2.05) is 6.07 Å². The molecular weight excluding hydrogens is 309 g/mol. The maximum atomic E-state index is 13.0. The largest absolute Gasteiger partial charge is 0.350 e. The summed E-state index contributed by atoms with van der Waals surface area (Å²) in [5.74, 6) is -0.551. The van der Waals surface area contributed by atoms with Gasteiger partial charge in [0.1, 0.15) is 11.9 Å². The number of likely N-dealkylation sites (tertiary alicyclic amines) is 1. The van der Waals surface area contributed by atoms with Crippen LogP contribution >= 0.6 is 0 Å². The van der Waals surface area contributed by atoms with Gasteiger partial charge in [0.2, 0.25) is 11.8 Å². The minimum atomic E-state index is -0.487. The Balaban J connectivity index is 1.63. The zero-order chi connectivity index (χ0) is 16.9. The van der Waals surface area contributed by atoms with E-state index in [4.69, 9.17) is 0 Å². The molecule has 124 valence electrons. The predicted octanol–water partition coefficient (Wildman–Crippen LogP) is 2.03. The Kier molecular flexibility index (Phi) is 4.84. The minimum Gasteiger partial charge on any atom is -0.350 e. The molecule has 1 fully saturated rings. The Bertz CT molecular complexity index is 719. The van der Waals surface area contributed by atoms with Crippen LogP contribution in [0.5, 0.6) is 0 Å². The van der Waals surface area contributed by atoms with E-state index < -0.39 is 6.04 Å². The normalized spacial score (nSPS) is 17.1. The van der Waals surface area contributed by atoms with Crippen molar-refractivity contribution in [2.75, 3.05) is 0 Å². The molecule has 1 unspecified atom stereocenters. The smallest absolute Gasteiger partial charge is 0.243 e. The molecule has 2 amide bonds. The molecule has 0 radical (unpaired) electrons. The summed E-state index contributed by atoms with van der Waals surface area (Å²) < 4.78 is 13.0. The molecule has 2 heterocycles. The number of halogens is 1. The number of carbonyl (C=O) groups is 2. The molecule has 1 aliphatic rings. The van der Waals surface area contributed by atoms with Crippen LogP contribution in [0.4, 0.5) is 4.39 Å². The van der Waals surface area contributed by atoms with E-state index in [1.165, 1.54) is 12.1 Å². The van der Waals surface area contributed by atoms with E-state index in [-0.39, 0.29) is 17.6 Å². The van der Waals surface area contributed by atoms with Crippen molar-refractivity contribution in [3.63, 3.8) is 0 Å². The van der Waals surface area contributed by atoms with Crippen molar-refractivity contribution in [2.45, 2.75) is 32.0 Å². The Labute approximate surface area is 139 Å². The maximum absolute atomic E-state index is 13.0. The average Bonchev–Trinajstić information content (AvgIpc) is 2.96. The summed E-state index contributed by atoms with van der Waals surface area (Å²) in [7, 11) is 0. The predicted molar refractivity (Wildman–Crippen MR) is 86.1 cm³/mol. The van der Waals surface area contributed by atoms with Crippen molar-refractivity contribution < 1.29 is 14.0 Å². The van der Waals surface area contributed by atoms with E-state index in [0.717, 1.165) is 11.1 Å². The number of rotatable bonds is 5. The van der Waals surface area contributed by atoms with Crippen LogP contribution in [0, 0.1) is 5.82 Å². The van der Waals surface area contributed by atoms with Crippen LogP contribution in [0.3, 0.4) is 0 Å². The molecule has 1 aromatic heterocycles. The van der Waals surface area contributed by atoms with Crippen molar-refractivity contribution in [2.24, 2.45) is 0 Å². The second-order valence-electron chi connectivity index (χ2n) is 5.78. The topological polar surface area (TPSA) is 62.3 Å². The molecule has 0 aliphatic carbocycles. The number of hydrogen-bond acceptors (Lipinski definition) is 3. The molecule has 0 spiro atoms. The van der Waals surface area contributed by atoms with Gasteiger partial charge in [-0.3, -0.25) is 14.6 Å². The second-order valence-corrected chi connectivity index (χ2v) is 5.78. The minimum absolute atomic E-state index is 0.0548. The number of pyridine rings is 1. The van der Waals surface area contributed by atoms with Gasteiger partial charge in [-0.1, -0.05) is 18.2 Å². The zero-order valence-corrected chi connectivity index (χ0v) is 13.1. The number of aromatic nitrogens is 1. The van der Waals surface area contributed by atoms with E-state index in [9.17, 15) is 14.0 Å². The SMILES string of the molecule is O=C(NCc1cccnc1)C1CCC(=O)N1Cc1ccc(F)cc1. The molecule has 1 atom stereocenters. The lowest BCUT2D eigenvalue weighted by atomic mass is 10.1. The Morgan fingerprint density at radius 1 is 1.25 bits per heavy atom. The Hall–Kier alpha value is -2.76. The first-order valence-electron chi connectivity index (χ1n) is 7.84. The number of hydrogen-bond donors (Lipinski definition) is 1. The standard InChI is InChI=1S/C18H18FN3O2/c19-15-5-3-13(4-6-15)12-22-16(7-8-17(22)23)18(24)21-11-14-2-1-9-20-10-14/h1-6,9-10,16H,7-8,11-12H2,(H,21,24). The van der Waals surface area contributed by atoms with Crippen molar-refractivity contribution >= 4 is 11.8 Å². The van der Waals surface area contributed by atoms with Crippen LogP contribution in [0.2, 0.25) is 0 Å². The van der Waals surface area contributed by atoms with Crippen molar-refractivity contribution in [3.05, 3.63) is 65.7 Å². The highest BCUT2D eigenvalue weighted by Gasteiger charge is 2.35. The van der Waals surface area contributed by atoms with Gasteiger partial charge in [-0.05, 0) is 35.7 Å². The van der Waals surface area contributed by atoms with Crippen LogP contribution in [0.1, 0.15) is 24.0 Å². The molecule has 1 aliphatic heterocycles. The van der Waals surface area contributed by atoms with Gasteiger partial charge in [-0.15, -0.1) is 0 Å². The first kappa shape index (κ1) is 16.1. The molecule has 3 rings (SSSR count). The summed E-state index contributed by atoms with van der Waals surface area (Å²) in [6, 6.07) is 9.17. The highest BCUT2D eigenvalue weighted by atomic mass is 19.1. The number of nitrogens with zero attached hydrogens (tertiary/aromatic N) is 2. The van der Waals surface area contributed by atoms with E-state index in [1.54, 1.807) is 35.5 Å². The lowest BCUT2D eigenvalue weighted by Gasteiger charge is -2.24. The third-order valence-corrected chi connectivity index (χ3v) is 4.09. The van der Waals surface area contributed by atoms with Crippen molar-refractivity contribution in [1.82, 2.24) is 15.2 Å². The maximum Gasteiger partial charge on any atom is 0.243 e. The van der Waals surface area contributed by atoms with Crippen molar-refractivity contribution in [3.8, 4) is 0 Å². The quantitative estimate of drug-likeness (QED) is 0.914. The molecule has 6 heteroatoms. The van der Waals surface area contributed by atoms with Gasteiger partial charge in [-0.2, -0.15) is 0 Å². The molecule has 0 bridgehead atoms. The van der Waals surface area contributed by atoms with Gasteiger partial charge >= 0.3 is 0 Å². The number of amides is 2. The van der Waals surface area contributed by atoms with Crippen molar-refractivity contribution in [1.29, 1.82) is 0 Å². The summed E-state index contributed by atoms with van der Waals surface area (Å²) in [6.45, 7) is 0.686. The molecule has 24 heavy (non-hydrogen) atoms.